The molecule has 1 rings (SSSR count). The van der Waals surface area contributed by atoms with Crippen LogP contribution in [0.5, 0.6) is 0 Å². The minimum Gasteiger partial charge on any atom is -0.478 e. The minimum atomic E-state index is -1.04. The summed E-state index contributed by atoms with van der Waals surface area (Å²) in [6.07, 6.45) is 2.38. The van der Waals surface area contributed by atoms with Gasteiger partial charge in [0.1, 0.15) is 5.82 Å². The molecule has 1 aromatic carbocycles. The van der Waals surface area contributed by atoms with Crippen LogP contribution in [0.25, 0.3) is 6.08 Å². The van der Waals surface area contributed by atoms with Gasteiger partial charge in [0, 0.05) is 31.3 Å². The van der Waals surface area contributed by atoms with Crippen molar-refractivity contribution in [3.05, 3.63) is 41.2 Å². The molecule has 0 saturated carbocycles. The molecule has 5 heteroatoms. The predicted octanol–water partition coefficient (Wildman–Crippen LogP) is 1.92. The van der Waals surface area contributed by atoms with Crippen LogP contribution in [0.2, 0.25) is 0 Å². The van der Waals surface area contributed by atoms with E-state index >= 15 is 0 Å². The van der Waals surface area contributed by atoms with E-state index in [1.54, 1.807) is 12.1 Å². The summed E-state index contributed by atoms with van der Waals surface area (Å²) in [5.41, 5.74) is 1.16. The first kappa shape index (κ1) is 16.3. The molecule has 1 aromatic rings. The molecular weight excluding hydrogens is 259 g/mol. The third kappa shape index (κ3) is 5.95. The summed E-state index contributed by atoms with van der Waals surface area (Å²) in [6.45, 7) is 2.30. The molecule has 1 N–H and O–H groups in total. The van der Waals surface area contributed by atoms with Crippen molar-refractivity contribution in [3.8, 4) is 0 Å². The number of carboxylic acid groups (broad SMARTS) is 1. The van der Waals surface area contributed by atoms with Crippen molar-refractivity contribution in [1.29, 1.82) is 0 Å². The topological polar surface area (TPSA) is 43.8 Å². The number of likely N-dealkylation sites (N-methyl/N-ethyl adjacent to an activating group) is 2. The maximum atomic E-state index is 13.9. The lowest BCUT2D eigenvalue weighted by Gasteiger charge is -2.19. The lowest BCUT2D eigenvalue weighted by Crippen LogP contribution is -2.28. The van der Waals surface area contributed by atoms with Crippen LogP contribution in [0.4, 0.5) is 4.39 Å². The Bertz CT molecular complexity index is 487. The van der Waals surface area contributed by atoms with Crippen molar-refractivity contribution in [3.63, 3.8) is 0 Å². The van der Waals surface area contributed by atoms with E-state index in [-0.39, 0.29) is 5.82 Å². The molecule has 0 spiro atoms. The molecule has 0 fully saturated rings. The Morgan fingerprint density at radius 1 is 1.30 bits per heavy atom. The van der Waals surface area contributed by atoms with Gasteiger partial charge in [0.2, 0.25) is 0 Å². The van der Waals surface area contributed by atoms with Gasteiger partial charge in [-0.15, -0.1) is 0 Å². The molecule has 0 aliphatic carbocycles. The normalized spacial score (nSPS) is 11.7. The summed E-state index contributed by atoms with van der Waals surface area (Å²) in [5, 5.41) is 8.53. The van der Waals surface area contributed by atoms with Crippen LogP contribution in [0, 0.1) is 5.82 Å². The highest BCUT2D eigenvalue weighted by molar-refractivity contribution is 5.85. The van der Waals surface area contributed by atoms with E-state index in [0.29, 0.717) is 17.7 Å². The van der Waals surface area contributed by atoms with Gasteiger partial charge in [0.25, 0.3) is 0 Å². The first-order valence-corrected chi connectivity index (χ1v) is 6.41. The van der Waals surface area contributed by atoms with Gasteiger partial charge in [-0.05, 0) is 38.8 Å². The summed E-state index contributed by atoms with van der Waals surface area (Å²) in [4.78, 5) is 14.5. The number of hydrogen-bond donors (Lipinski definition) is 1. The molecule has 0 bridgehead atoms. The summed E-state index contributed by atoms with van der Waals surface area (Å²) < 4.78 is 13.9. The Balaban J connectivity index is 2.66. The molecule has 0 amide bonds. The zero-order valence-electron chi connectivity index (χ0n) is 12.1. The van der Waals surface area contributed by atoms with Crippen LogP contribution in [0.1, 0.15) is 11.1 Å². The molecule has 0 aliphatic rings. The van der Waals surface area contributed by atoms with Crippen LogP contribution in [0.15, 0.2) is 24.3 Å². The summed E-state index contributed by atoms with van der Waals surface area (Å²) in [6, 6.07) is 4.77. The molecule has 0 radical (unpaired) electrons. The maximum Gasteiger partial charge on any atom is 0.328 e. The third-order valence-electron chi connectivity index (χ3n) is 2.86. The van der Waals surface area contributed by atoms with E-state index in [1.165, 1.54) is 12.1 Å². The van der Waals surface area contributed by atoms with Crippen LogP contribution in [0.3, 0.4) is 0 Å². The zero-order valence-corrected chi connectivity index (χ0v) is 12.1. The second-order valence-corrected chi connectivity index (χ2v) is 5.06. The SMILES string of the molecule is CN(C)CCN(C)Cc1ccc(C=CC(=O)O)cc1F. The van der Waals surface area contributed by atoms with E-state index in [2.05, 4.69) is 4.90 Å². The van der Waals surface area contributed by atoms with E-state index in [1.807, 2.05) is 26.0 Å². The Morgan fingerprint density at radius 3 is 2.55 bits per heavy atom. The first-order chi connectivity index (χ1) is 9.38. The zero-order chi connectivity index (χ0) is 15.1. The second-order valence-electron chi connectivity index (χ2n) is 5.06. The maximum absolute atomic E-state index is 13.9. The molecule has 0 heterocycles. The minimum absolute atomic E-state index is 0.311. The Morgan fingerprint density at radius 2 is 2.00 bits per heavy atom. The van der Waals surface area contributed by atoms with E-state index < -0.39 is 5.97 Å². The predicted molar refractivity (Wildman–Crippen MR) is 78.0 cm³/mol. The van der Waals surface area contributed by atoms with Crippen LogP contribution < -0.4 is 0 Å². The lowest BCUT2D eigenvalue weighted by atomic mass is 10.1. The van der Waals surface area contributed by atoms with E-state index in [0.717, 1.165) is 19.2 Å². The molecule has 0 aliphatic heterocycles. The molecule has 0 saturated heterocycles. The van der Waals surface area contributed by atoms with Crippen molar-refractivity contribution < 1.29 is 14.3 Å². The Hall–Kier alpha value is -1.72. The van der Waals surface area contributed by atoms with Gasteiger partial charge in [0.15, 0.2) is 0 Å². The Kier molecular flexibility index (Phi) is 6.35. The van der Waals surface area contributed by atoms with Gasteiger partial charge in [-0.2, -0.15) is 0 Å². The average Bonchev–Trinajstić information content (AvgIpc) is 2.36. The number of carbonyl (C=O) groups is 1. The van der Waals surface area contributed by atoms with Crippen molar-refractivity contribution in [1.82, 2.24) is 9.80 Å². The third-order valence-corrected chi connectivity index (χ3v) is 2.86. The summed E-state index contributed by atoms with van der Waals surface area (Å²) in [5.74, 6) is -1.35. The highest BCUT2D eigenvalue weighted by Gasteiger charge is 2.06. The van der Waals surface area contributed by atoms with Gasteiger partial charge in [-0.25, -0.2) is 9.18 Å². The van der Waals surface area contributed by atoms with Crippen molar-refractivity contribution >= 4 is 12.0 Å². The molecule has 20 heavy (non-hydrogen) atoms. The summed E-state index contributed by atoms with van der Waals surface area (Å²) in [7, 11) is 5.94. The van der Waals surface area contributed by atoms with Gasteiger partial charge < -0.3 is 14.9 Å². The van der Waals surface area contributed by atoms with Crippen molar-refractivity contribution in [2.45, 2.75) is 6.54 Å². The van der Waals surface area contributed by atoms with E-state index in [4.69, 9.17) is 5.11 Å². The summed E-state index contributed by atoms with van der Waals surface area (Å²) >= 11 is 0. The molecule has 4 nitrogen and oxygen atoms in total. The number of nitrogens with zero attached hydrogens (tertiary/aromatic N) is 2. The average molecular weight is 280 g/mol. The lowest BCUT2D eigenvalue weighted by molar-refractivity contribution is -0.131. The van der Waals surface area contributed by atoms with E-state index in [9.17, 15) is 9.18 Å². The molecule has 0 aromatic heterocycles. The molecule has 110 valence electrons. The molecule has 0 atom stereocenters. The van der Waals surface area contributed by atoms with Crippen molar-refractivity contribution in [2.24, 2.45) is 0 Å². The fraction of sp³-hybridized carbons (Fsp3) is 0.400. The highest BCUT2D eigenvalue weighted by atomic mass is 19.1. The van der Waals surface area contributed by atoms with Crippen LogP contribution in [-0.4, -0.2) is 55.1 Å². The van der Waals surface area contributed by atoms with Gasteiger partial charge >= 0.3 is 5.97 Å². The second kappa shape index (κ2) is 7.77. The number of aliphatic carboxylic acids is 1. The van der Waals surface area contributed by atoms with Gasteiger partial charge in [-0.3, -0.25) is 0 Å². The van der Waals surface area contributed by atoms with Crippen molar-refractivity contribution in [2.75, 3.05) is 34.2 Å². The van der Waals surface area contributed by atoms with Gasteiger partial charge in [0.05, 0.1) is 0 Å². The fourth-order valence-electron chi connectivity index (χ4n) is 1.70. The van der Waals surface area contributed by atoms with Crippen LogP contribution in [-0.2, 0) is 11.3 Å². The number of carboxylic acids is 1. The number of halogens is 1. The standard InChI is InChI=1S/C15H21FN2O2/c1-17(2)8-9-18(3)11-13-6-4-12(10-14(13)16)5-7-15(19)20/h4-7,10H,8-9,11H2,1-3H3,(H,19,20). The Labute approximate surface area is 119 Å². The number of hydrogen-bond acceptors (Lipinski definition) is 3. The number of rotatable bonds is 7. The smallest absolute Gasteiger partial charge is 0.328 e. The van der Waals surface area contributed by atoms with Gasteiger partial charge in [-0.1, -0.05) is 12.1 Å². The number of benzene rings is 1. The quantitative estimate of drug-likeness (QED) is 0.775. The first-order valence-electron chi connectivity index (χ1n) is 6.41. The monoisotopic (exact) mass is 280 g/mol. The molecule has 0 unspecified atom stereocenters. The molecular formula is C15H21FN2O2. The fourth-order valence-corrected chi connectivity index (χ4v) is 1.70. The highest BCUT2D eigenvalue weighted by Crippen LogP contribution is 2.13. The van der Waals surface area contributed by atoms with Crippen LogP contribution >= 0.6 is 0 Å². The largest absolute Gasteiger partial charge is 0.478 e.